The average molecular weight is 318 g/mol. The van der Waals surface area contributed by atoms with E-state index in [1.807, 2.05) is 11.8 Å². The Morgan fingerprint density at radius 1 is 1.26 bits per heavy atom. The lowest BCUT2D eigenvalue weighted by atomic mass is 10.2. The van der Waals surface area contributed by atoms with Crippen LogP contribution in [0.15, 0.2) is 24.8 Å². The molecular formula is C15H19FN6O. The molecular weight excluding hydrogens is 299 g/mol. The third kappa shape index (κ3) is 4.10. The number of rotatable bonds is 5. The summed E-state index contributed by atoms with van der Waals surface area (Å²) in [4.78, 5) is 18.5. The SMILES string of the molecule is CC(Cc1cnccn1)Nc1ncc(F)c(N2CCOCC2)n1. The van der Waals surface area contributed by atoms with Gasteiger partial charge in [0.25, 0.3) is 0 Å². The van der Waals surface area contributed by atoms with Crippen LogP contribution in [0.1, 0.15) is 12.6 Å². The molecule has 1 atom stereocenters. The van der Waals surface area contributed by atoms with E-state index in [4.69, 9.17) is 4.74 Å². The van der Waals surface area contributed by atoms with E-state index >= 15 is 0 Å². The Morgan fingerprint density at radius 2 is 2.09 bits per heavy atom. The third-order valence-electron chi connectivity index (χ3n) is 3.54. The van der Waals surface area contributed by atoms with Gasteiger partial charge in [0.1, 0.15) is 0 Å². The lowest BCUT2D eigenvalue weighted by molar-refractivity contribution is 0.122. The summed E-state index contributed by atoms with van der Waals surface area (Å²) in [6, 6.07) is 0.0506. The van der Waals surface area contributed by atoms with E-state index in [2.05, 4.69) is 25.3 Å². The first-order valence-electron chi connectivity index (χ1n) is 7.59. The van der Waals surface area contributed by atoms with Crippen LogP contribution in [0.3, 0.4) is 0 Å². The minimum Gasteiger partial charge on any atom is -0.378 e. The van der Waals surface area contributed by atoms with E-state index in [0.29, 0.717) is 44.5 Å². The van der Waals surface area contributed by atoms with Crippen LogP contribution in [-0.4, -0.2) is 52.3 Å². The lowest BCUT2D eigenvalue weighted by Crippen LogP contribution is -2.37. The maximum absolute atomic E-state index is 14.0. The second-order valence-electron chi connectivity index (χ2n) is 5.41. The first-order valence-corrected chi connectivity index (χ1v) is 7.59. The molecule has 0 bridgehead atoms. The van der Waals surface area contributed by atoms with Gasteiger partial charge in [-0.1, -0.05) is 0 Å². The van der Waals surface area contributed by atoms with Crippen molar-refractivity contribution < 1.29 is 9.13 Å². The van der Waals surface area contributed by atoms with Crippen LogP contribution < -0.4 is 10.2 Å². The second kappa shape index (κ2) is 7.28. The molecule has 7 nitrogen and oxygen atoms in total. The van der Waals surface area contributed by atoms with Crippen molar-refractivity contribution >= 4 is 11.8 Å². The number of morpholine rings is 1. The highest BCUT2D eigenvalue weighted by molar-refractivity contribution is 5.44. The van der Waals surface area contributed by atoms with Crippen LogP contribution in [-0.2, 0) is 11.2 Å². The molecule has 122 valence electrons. The fourth-order valence-corrected chi connectivity index (χ4v) is 2.45. The summed E-state index contributed by atoms with van der Waals surface area (Å²) in [7, 11) is 0. The number of aromatic nitrogens is 4. The zero-order valence-electron chi connectivity index (χ0n) is 12.9. The Hall–Kier alpha value is -2.35. The van der Waals surface area contributed by atoms with E-state index in [1.165, 1.54) is 6.20 Å². The summed E-state index contributed by atoms with van der Waals surface area (Å²) in [6.45, 7) is 4.41. The van der Waals surface area contributed by atoms with Gasteiger partial charge in [0, 0.05) is 44.1 Å². The minimum absolute atomic E-state index is 0.0506. The normalized spacial score (nSPS) is 16.2. The highest BCUT2D eigenvalue weighted by Crippen LogP contribution is 2.19. The number of nitrogens with zero attached hydrogens (tertiary/aromatic N) is 5. The number of halogens is 1. The van der Waals surface area contributed by atoms with Crippen LogP contribution in [0, 0.1) is 5.82 Å². The van der Waals surface area contributed by atoms with Crippen LogP contribution >= 0.6 is 0 Å². The molecule has 1 aliphatic heterocycles. The van der Waals surface area contributed by atoms with Gasteiger partial charge in [-0.15, -0.1) is 0 Å². The van der Waals surface area contributed by atoms with Gasteiger partial charge in [0.05, 0.1) is 25.1 Å². The van der Waals surface area contributed by atoms with Crippen molar-refractivity contribution in [3.05, 3.63) is 36.3 Å². The smallest absolute Gasteiger partial charge is 0.225 e. The predicted molar refractivity (Wildman–Crippen MR) is 83.8 cm³/mol. The number of ether oxygens (including phenoxy) is 1. The van der Waals surface area contributed by atoms with Crippen LogP contribution in [0.2, 0.25) is 0 Å². The number of hydrogen-bond acceptors (Lipinski definition) is 7. The van der Waals surface area contributed by atoms with Crippen molar-refractivity contribution in [2.75, 3.05) is 36.5 Å². The molecule has 0 saturated carbocycles. The maximum atomic E-state index is 14.0. The van der Waals surface area contributed by atoms with Gasteiger partial charge in [-0.25, -0.2) is 9.37 Å². The molecule has 0 aromatic carbocycles. The average Bonchev–Trinajstić information content (AvgIpc) is 2.58. The fraction of sp³-hybridized carbons (Fsp3) is 0.467. The van der Waals surface area contributed by atoms with E-state index in [1.54, 1.807) is 18.6 Å². The molecule has 2 aromatic rings. The van der Waals surface area contributed by atoms with Crippen LogP contribution in [0.4, 0.5) is 16.2 Å². The first-order chi connectivity index (χ1) is 11.2. The van der Waals surface area contributed by atoms with Gasteiger partial charge < -0.3 is 15.0 Å². The topological polar surface area (TPSA) is 76.1 Å². The summed E-state index contributed by atoms with van der Waals surface area (Å²) in [5.41, 5.74) is 0.878. The maximum Gasteiger partial charge on any atom is 0.225 e. The molecule has 2 aromatic heterocycles. The fourth-order valence-electron chi connectivity index (χ4n) is 2.45. The van der Waals surface area contributed by atoms with Gasteiger partial charge in [-0.3, -0.25) is 9.97 Å². The minimum atomic E-state index is -0.418. The van der Waals surface area contributed by atoms with E-state index < -0.39 is 5.82 Å². The van der Waals surface area contributed by atoms with Gasteiger partial charge in [0.2, 0.25) is 5.95 Å². The van der Waals surface area contributed by atoms with Gasteiger partial charge >= 0.3 is 0 Å². The van der Waals surface area contributed by atoms with Gasteiger partial charge in [0.15, 0.2) is 11.6 Å². The largest absolute Gasteiger partial charge is 0.378 e. The zero-order valence-corrected chi connectivity index (χ0v) is 12.9. The monoisotopic (exact) mass is 318 g/mol. The van der Waals surface area contributed by atoms with Crippen molar-refractivity contribution in [1.82, 2.24) is 19.9 Å². The molecule has 3 rings (SSSR count). The Kier molecular flexibility index (Phi) is 4.92. The molecule has 1 aliphatic rings. The lowest BCUT2D eigenvalue weighted by Gasteiger charge is -2.28. The van der Waals surface area contributed by atoms with Gasteiger partial charge in [-0.05, 0) is 6.92 Å². The van der Waals surface area contributed by atoms with Crippen molar-refractivity contribution in [1.29, 1.82) is 0 Å². The third-order valence-corrected chi connectivity index (χ3v) is 3.54. The summed E-state index contributed by atoms with van der Waals surface area (Å²) in [5.74, 6) is 0.306. The second-order valence-corrected chi connectivity index (χ2v) is 5.41. The molecule has 1 unspecified atom stereocenters. The highest BCUT2D eigenvalue weighted by Gasteiger charge is 2.18. The van der Waals surface area contributed by atoms with Crippen molar-refractivity contribution in [3.8, 4) is 0 Å². The Morgan fingerprint density at radius 3 is 2.83 bits per heavy atom. The van der Waals surface area contributed by atoms with Crippen molar-refractivity contribution in [2.45, 2.75) is 19.4 Å². The van der Waals surface area contributed by atoms with Crippen LogP contribution in [0.5, 0.6) is 0 Å². The zero-order chi connectivity index (χ0) is 16.1. The molecule has 1 saturated heterocycles. The number of nitrogens with one attached hydrogen (secondary N) is 1. The van der Waals surface area contributed by atoms with E-state index in [9.17, 15) is 4.39 Å². The highest BCUT2D eigenvalue weighted by atomic mass is 19.1. The molecule has 3 heterocycles. The quantitative estimate of drug-likeness (QED) is 0.890. The molecule has 0 aliphatic carbocycles. The van der Waals surface area contributed by atoms with Crippen molar-refractivity contribution in [3.63, 3.8) is 0 Å². The number of hydrogen-bond donors (Lipinski definition) is 1. The summed E-state index contributed by atoms with van der Waals surface area (Å²) >= 11 is 0. The molecule has 23 heavy (non-hydrogen) atoms. The van der Waals surface area contributed by atoms with E-state index in [0.717, 1.165) is 5.69 Å². The Balaban J connectivity index is 1.67. The Bertz CT molecular complexity index is 635. The molecule has 8 heteroatoms. The van der Waals surface area contributed by atoms with Crippen LogP contribution in [0.25, 0.3) is 0 Å². The molecule has 0 amide bonds. The summed E-state index contributed by atoms with van der Waals surface area (Å²) < 4.78 is 19.3. The molecule has 0 spiro atoms. The van der Waals surface area contributed by atoms with E-state index in [-0.39, 0.29) is 6.04 Å². The van der Waals surface area contributed by atoms with Crippen molar-refractivity contribution in [2.24, 2.45) is 0 Å². The number of anilines is 2. The predicted octanol–water partition coefficient (Wildman–Crippen LogP) is 1.29. The van der Waals surface area contributed by atoms with Gasteiger partial charge in [-0.2, -0.15) is 4.98 Å². The standard InChI is InChI=1S/C15H19FN6O/c1-11(8-12-9-17-2-3-18-12)20-15-19-10-13(16)14(21-15)22-4-6-23-7-5-22/h2-3,9-11H,4-8H2,1H3,(H,19,20,21). The Labute approximate surface area is 134 Å². The molecule has 0 radical (unpaired) electrons. The summed E-state index contributed by atoms with van der Waals surface area (Å²) in [5, 5.41) is 3.18. The molecule has 1 fully saturated rings. The summed E-state index contributed by atoms with van der Waals surface area (Å²) in [6.07, 6.45) is 6.91. The molecule has 1 N–H and O–H groups in total. The first kappa shape index (κ1) is 15.5.